The zero-order valence-corrected chi connectivity index (χ0v) is 11.4. The number of aliphatic hydroxyl groups excluding tert-OH is 1. The summed E-state index contributed by atoms with van der Waals surface area (Å²) >= 11 is 0. The van der Waals surface area contributed by atoms with Crippen LogP contribution in [-0.4, -0.2) is 65.4 Å². The average molecular weight is 256 g/mol. The van der Waals surface area contributed by atoms with Gasteiger partial charge in [-0.15, -0.1) is 0 Å². The summed E-state index contributed by atoms with van der Waals surface area (Å²) in [6.45, 7) is 6.47. The summed E-state index contributed by atoms with van der Waals surface area (Å²) in [6, 6.07) is 0.284. The molecule has 0 unspecified atom stereocenters. The third-order valence-electron chi connectivity index (χ3n) is 3.35. The van der Waals surface area contributed by atoms with Crippen LogP contribution in [0.25, 0.3) is 0 Å². The van der Waals surface area contributed by atoms with E-state index in [4.69, 9.17) is 5.11 Å². The highest BCUT2D eigenvalue weighted by molar-refractivity contribution is 5.84. The zero-order chi connectivity index (χ0) is 13.5. The van der Waals surface area contributed by atoms with Crippen LogP contribution in [0.1, 0.15) is 33.1 Å². The molecule has 0 atom stereocenters. The van der Waals surface area contributed by atoms with Gasteiger partial charge in [-0.1, -0.05) is 0 Å². The summed E-state index contributed by atoms with van der Waals surface area (Å²) in [7, 11) is 0. The second-order valence-electron chi connectivity index (χ2n) is 5.06. The standard InChI is InChI=1S/C13H24N2O3/c1-11(2)15(6-3-9-16)10-13(18)14-7-4-12(17)5-8-14/h11,16H,3-10H2,1-2H3. The molecule has 0 radical (unpaired) electrons. The number of nitrogens with zero attached hydrogens (tertiary/aromatic N) is 2. The Balaban J connectivity index is 2.42. The van der Waals surface area contributed by atoms with Crippen molar-refractivity contribution >= 4 is 11.7 Å². The third-order valence-corrected chi connectivity index (χ3v) is 3.35. The van der Waals surface area contributed by atoms with Crippen LogP contribution in [0, 0.1) is 0 Å². The molecule has 0 aromatic rings. The molecule has 0 aromatic heterocycles. The van der Waals surface area contributed by atoms with Gasteiger partial charge in [0.05, 0.1) is 6.54 Å². The number of likely N-dealkylation sites (tertiary alicyclic amines) is 1. The lowest BCUT2D eigenvalue weighted by Gasteiger charge is -2.31. The number of hydrogen-bond donors (Lipinski definition) is 1. The van der Waals surface area contributed by atoms with Gasteiger partial charge in [-0.2, -0.15) is 0 Å². The number of rotatable bonds is 6. The van der Waals surface area contributed by atoms with E-state index in [0.717, 1.165) is 6.54 Å². The van der Waals surface area contributed by atoms with Crippen LogP contribution in [0.15, 0.2) is 0 Å². The Bertz CT molecular complexity index is 282. The highest BCUT2D eigenvalue weighted by Crippen LogP contribution is 2.08. The van der Waals surface area contributed by atoms with Crippen LogP contribution in [0.3, 0.4) is 0 Å². The topological polar surface area (TPSA) is 60.9 Å². The Labute approximate surface area is 109 Å². The molecular formula is C13H24N2O3. The van der Waals surface area contributed by atoms with Gasteiger partial charge in [-0.25, -0.2) is 0 Å². The van der Waals surface area contributed by atoms with Crippen LogP contribution >= 0.6 is 0 Å². The lowest BCUT2D eigenvalue weighted by molar-refractivity contribution is -0.136. The van der Waals surface area contributed by atoms with E-state index in [1.54, 1.807) is 4.90 Å². The van der Waals surface area contributed by atoms with Crippen molar-refractivity contribution in [3.8, 4) is 0 Å². The Morgan fingerprint density at radius 3 is 2.50 bits per heavy atom. The van der Waals surface area contributed by atoms with Crippen LogP contribution < -0.4 is 0 Å². The third kappa shape index (κ3) is 4.74. The van der Waals surface area contributed by atoms with E-state index in [1.165, 1.54) is 0 Å². The maximum absolute atomic E-state index is 12.1. The monoisotopic (exact) mass is 256 g/mol. The molecular weight excluding hydrogens is 232 g/mol. The van der Waals surface area contributed by atoms with Gasteiger partial charge < -0.3 is 10.0 Å². The van der Waals surface area contributed by atoms with Crippen LogP contribution in [-0.2, 0) is 9.59 Å². The van der Waals surface area contributed by atoms with Gasteiger partial charge in [0.1, 0.15) is 5.78 Å². The molecule has 0 aliphatic carbocycles. The fourth-order valence-electron chi connectivity index (χ4n) is 2.07. The molecule has 0 saturated carbocycles. The van der Waals surface area contributed by atoms with Crippen LogP contribution in [0.4, 0.5) is 0 Å². The highest BCUT2D eigenvalue weighted by atomic mass is 16.3. The van der Waals surface area contributed by atoms with Gasteiger partial charge in [0.25, 0.3) is 0 Å². The number of ketones is 1. The molecule has 1 fully saturated rings. The predicted molar refractivity (Wildman–Crippen MR) is 69.2 cm³/mol. The number of amides is 1. The molecule has 0 bridgehead atoms. The van der Waals surface area contributed by atoms with E-state index in [1.807, 2.05) is 13.8 Å². The van der Waals surface area contributed by atoms with Crippen LogP contribution in [0.5, 0.6) is 0 Å². The molecule has 104 valence electrons. The summed E-state index contributed by atoms with van der Waals surface area (Å²) in [5.74, 6) is 0.342. The zero-order valence-electron chi connectivity index (χ0n) is 11.4. The first-order valence-electron chi connectivity index (χ1n) is 6.69. The minimum Gasteiger partial charge on any atom is -0.396 e. The average Bonchev–Trinajstić information content (AvgIpc) is 2.34. The number of carbonyl (C=O) groups excluding carboxylic acids is 2. The molecule has 1 aliphatic heterocycles. The number of piperidine rings is 1. The molecule has 1 amide bonds. The summed E-state index contributed by atoms with van der Waals surface area (Å²) in [4.78, 5) is 27.1. The predicted octanol–water partition coefficient (Wildman–Crippen LogP) is 0.271. The normalized spacial score (nSPS) is 16.7. The lowest BCUT2D eigenvalue weighted by atomic mass is 10.1. The van der Waals surface area contributed by atoms with Crippen molar-refractivity contribution < 1.29 is 14.7 Å². The first kappa shape index (κ1) is 15.1. The Morgan fingerprint density at radius 2 is 2.00 bits per heavy atom. The van der Waals surface area contributed by atoms with E-state index in [0.29, 0.717) is 38.9 Å². The van der Waals surface area contributed by atoms with Gasteiger partial charge >= 0.3 is 0 Å². The van der Waals surface area contributed by atoms with Gasteiger partial charge in [-0.3, -0.25) is 14.5 Å². The summed E-state index contributed by atoms with van der Waals surface area (Å²) in [5.41, 5.74) is 0. The molecule has 0 aromatic carbocycles. The molecule has 5 heteroatoms. The van der Waals surface area contributed by atoms with Crippen molar-refractivity contribution in [3.05, 3.63) is 0 Å². The lowest BCUT2D eigenvalue weighted by Crippen LogP contribution is -2.46. The smallest absolute Gasteiger partial charge is 0.236 e. The van der Waals surface area contributed by atoms with Crippen molar-refractivity contribution in [3.63, 3.8) is 0 Å². The van der Waals surface area contributed by atoms with E-state index < -0.39 is 0 Å². The van der Waals surface area contributed by atoms with Gasteiger partial charge in [0.15, 0.2) is 0 Å². The molecule has 5 nitrogen and oxygen atoms in total. The maximum Gasteiger partial charge on any atom is 0.236 e. The Hall–Kier alpha value is -0.940. The fourth-order valence-corrected chi connectivity index (χ4v) is 2.07. The molecule has 1 saturated heterocycles. The van der Waals surface area contributed by atoms with Crippen LogP contribution in [0.2, 0.25) is 0 Å². The van der Waals surface area contributed by atoms with E-state index in [2.05, 4.69) is 4.90 Å². The van der Waals surface area contributed by atoms with Gasteiger partial charge in [0.2, 0.25) is 5.91 Å². The van der Waals surface area contributed by atoms with E-state index in [9.17, 15) is 9.59 Å². The molecule has 1 heterocycles. The molecule has 18 heavy (non-hydrogen) atoms. The maximum atomic E-state index is 12.1. The summed E-state index contributed by atoms with van der Waals surface area (Å²) in [5, 5.41) is 8.85. The minimum atomic E-state index is 0.0918. The van der Waals surface area contributed by atoms with Gasteiger partial charge in [-0.05, 0) is 20.3 Å². The fraction of sp³-hybridized carbons (Fsp3) is 0.846. The number of Topliss-reactive ketones (excluding diaryl/α,β-unsaturated/α-hetero) is 1. The first-order chi connectivity index (χ1) is 8.54. The van der Waals surface area contributed by atoms with Crippen molar-refractivity contribution in [1.82, 2.24) is 9.80 Å². The van der Waals surface area contributed by atoms with Gasteiger partial charge in [0, 0.05) is 45.1 Å². The Kier molecular flexibility index (Phi) is 6.29. The second-order valence-corrected chi connectivity index (χ2v) is 5.06. The quantitative estimate of drug-likeness (QED) is 0.741. The SMILES string of the molecule is CC(C)N(CCCO)CC(=O)N1CCC(=O)CC1. The number of aliphatic hydroxyl groups is 1. The van der Waals surface area contributed by atoms with Crippen molar-refractivity contribution in [2.24, 2.45) is 0 Å². The molecule has 1 N–H and O–H groups in total. The number of carbonyl (C=O) groups is 2. The number of hydrogen-bond acceptors (Lipinski definition) is 4. The Morgan fingerprint density at radius 1 is 1.39 bits per heavy atom. The minimum absolute atomic E-state index is 0.0918. The summed E-state index contributed by atoms with van der Waals surface area (Å²) in [6.07, 6.45) is 1.66. The first-order valence-corrected chi connectivity index (χ1v) is 6.69. The van der Waals surface area contributed by atoms with Crippen molar-refractivity contribution in [2.45, 2.75) is 39.2 Å². The molecule has 0 spiro atoms. The highest BCUT2D eigenvalue weighted by Gasteiger charge is 2.23. The van der Waals surface area contributed by atoms with Crippen molar-refractivity contribution in [1.29, 1.82) is 0 Å². The van der Waals surface area contributed by atoms with Crippen molar-refractivity contribution in [2.75, 3.05) is 32.8 Å². The second kappa shape index (κ2) is 7.48. The largest absolute Gasteiger partial charge is 0.396 e. The van der Waals surface area contributed by atoms with E-state index >= 15 is 0 Å². The molecule has 1 aliphatic rings. The summed E-state index contributed by atoms with van der Waals surface area (Å²) < 4.78 is 0. The van der Waals surface area contributed by atoms with E-state index in [-0.39, 0.29) is 24.3 Å². The molecule has 1 rings (SSSR count).